The van der Waals surface area contributed by atoms with Gasteiger partial charge in [-0.1, -0.05) is 6.07 Å². The van der Waals surface area contributed by atoms with E-state index in [0.717, 1.165) is 18.5 Å². The maximum absolute atomic E-state index is 11.5. The van der Waals surface area contributed by atoms with E-state index in [9.17, 15) is 9.59 Å². The van der Waals surface area contributed by atoms with Gasteiger partial charge in [-0.3, -0.25) is 9.59 Å². The topological polar surface area (TPSA) is 136 Å². The normalized spacial score (nSPS) is 16.1. The lowest BCUT2D eigenvalue weighted by Gasteiger charge is -2.29. The third-order valence-corrected chi connectivity index (χ3v) is 5.11. The standard InChI is InChI=1S/C17H20N6O2S/c18-16(19)23-17-22-14(8-26-17)12-2-1-3-13(21-12)15(20-9-24)10-4-6-11(25)7-5-10/h1-3,8-10,15H,4-7H2,(H,20,24)(H4,18,19,22,23). The van der Waals surface area contributed by atoms with E-state index in [1.165, 1.54) is 11.3 Å². The minimum atomic E-state index is -0.226. The summed E-state index contributed by atoms with van der Waals surface area (Å²) in [5, 5.41) is 5.15. The molecule has 2 aromatic rings. The zero-order chi connectivity index (χ0) is 18.5. The molecular weight excluding hydrogens is 352 g/mol. The Morgan fingerprint density at radius 3 is 2.73 bits per heavy atom. The molecule has 0 bridgehead atoms. The van der Waals surface area contributed by atoms with Crippen LogP contribution < -0.4 is 16.8 Å². The number of hydrogen-bond acceptors (Lipinski definition) is 6. The van der Waals surface area contributed by atoms with Crippen molar-refractivity contribution in [2.45, 2.75) is 31.7 Å². The predicted octanol–water partition coefficient (Wildman–Crippen LogP) is 1.66. The molecule has 2 aromatic heterocycles. The van der Waals surface area contributed by atoms with Gasteiger partial charge in [0.05, 0.1) is 17.4 Å². The number of pyridine rings is 1. The average molecular weight is 372 g/mol. The molecule has 1 amide bonds. The third-order valence-electron chi connectivity index (χ3n) is 4.38. The Kier molecular flexibility index (Phi) is 5.57. The number of guanidine groups is 1. The molecule has 1 aliphatic carbocycles. The van der Waals surface area contributed by atoms with Crippen LogP contribution in [0.3, 0.4) is 0 Å². The molecule has 9 heteroatoms. The number of amides is 1. The highest BCUT2D eigenvalue weighted by molar-refractivity contribution is 7.13. The van der Waals surface area contributed by atoms with Gasteiger partial charge >= 0.3 is 0 Å². The monoisotopic (exact) mass is 372 g/mol. The lowest BCUT2D eigenvalue weighted by atomic mass is 9.82. The summed E-state index contributed by atoms with van der Waals surface area (Å²) in [5.74, 6) is 0.422. The predicted molar refractivity (Wildman–Crippen MR) is 99.7 cm³/mol. The Hall–Kier alpha value is -2.81. The SMILES string of the molecule is NC(N)=Nc1nc(-c2cccc(C(NC=O)C3CCC(=O)CC3)n2)cs1. The van der Waals surface area contributed by atoms with E-state index in [2.05, 4.69) is 20.3 Å². The molecule has 1 atom stereocenters. The van der Waals surface area contributed by atoms with E-state index in [0.29, 0.717) is 35.8 Å². The van der Waals surface area contributed by atoms with Gasteiger partial charge in [-0.25, -0.2) is 9.97 Å². The summed E-state index contributed by atoms with van der Waals surface area (Å²) in [4.78, 5) is 35.6. The second kappa shape index (κ2) is 8.05. The number of carbonyl (C=O) groups excluding carboxylic acids is 2. The molecule has 1 saturated carbocycles. The summed E-state index contributed by atoms with van der Waals surface area (Å²) in [6.45, 7) is 0. The minimum Gasteiger partial charge on any atom is -0.370 e. The number of nitrogens with two attached hydrogens (primary N) is 2. The maximum Gasteiger partial charge on any atom is 0.212 e. The first kappa shape index (κ1) is 18.0. The lowest BCUT2D eigenvalue weighted by molar-refractivity contribution is -0.121. The number of aliphatic imine (C=N–C) groups is 1. The second-order valence-electron chi connectivity index (χ2n) is 6.14. The van der Waals surface area contributed by atoms with Crippen molar-refractivity contribution in [1.82, 2.24) is 15.3 Å². The van der Waals surface area contributed by atoms with Gasteiger partial charge in [-0.05, 0) is 30.9 Å². The Morgan fingerprint density at radius 1 is 1.27 bits per heavy atom. The van der Waals surface area contributed by atoms with Crippen molar-refractivity contribution >= 4 is 34.6 Å². The van der Waals surface area contributed by atoms with Crippen LogP contribution in [0.5, 0.6) is 0 Å². The van der Waals surface area contributed by atoms with Crippen molar-refractivity contribution in [2.75, 3.05) is 0 Å². The van der Waals surface area contributed by atoms with Gasteiger partial charge in [0.15, 0.2) is 5.96 Å². The van der Waals surface area contributed by atoms with Crippen molar-refractivity contribution < 1.29 is 9.59 Å². The van der Waals surface area contributed by atoms with Crippen molar-refractivity contribution in [3.63, 3.8) is 0 Å². The van der Waals surface area contributed by atoms with Crippen LogP contribution in [0.1, 0.15) is 37.4 Å². The average Bonchev–Trinajstić information content (AvgIpc) is 3.08. The van der Waals surface area contributed by atoms with Crippen LogP contribution in [0.4, 0.5) is 5.13 Å². The smallest absolute Gasteiger partial charge is 0.212 e. The summed E-state index contributed by atoms with van der Waals surface area (Å²) >= 11 is 1.32. The number of rotatable bonds is 6. The molecule has 0 radical (unpaired) electrons. The fourth-order valence-corrected chi connectivity index (χ4v) is 3.84. The second-order valence-corrected chi connectivity index (χ2v) is 6.97. The van der Waals surface area contributed by atoms with Crippen LogP contribution in [0.25, 0.3) is 11.4 Å². The van der Waals surface area contributed by atoms with Crippen LogP contribution in [0.2, 0.25) is 0 Å². The van der Waals surface area contributed by atoms with Crippen molar-refractivity contribution in [2.24, 2.45) is 22.4 Å². The number of nitrogens with zero attached hydrogens (tertiary/aromatic N) is 3. The van der Waals surface area contributed by atoms with Gasteiger partial charge in [0, 0.05) is 18.2 Å². The van der Waals surface area contributed by atoms with E-state index >= 15 is 0 Å². The molecule has 0 saturated heterocycles. The third kappa shape index (κ3) is 4.23. The van der Waals surface area contributed by atoms with Gasteiger partial charge in [0.25, 0.3) is 0 Å². The van der Waals surface area contributed by atoms with Crippen LogP contribution in [0, 0.1) is 5.92 Å². The number of carbonyl (C=O) groups is 2. The summed E-state index contributed by atoms with van der Waals surface area (Å²) in [6, 6.07) is 5.38. The maximum atomic E-state index is 11.5. The van der Waals surface area contributed by atoms with E-state index in [4.69, 9.17) is 11.5 Å². The van der Waals surface area contributed by atoms with E-state index in [1.807, 2.05) is 23.6 Å². The fourth-order valence-electron chi connectivity index (χ4n) is 3.14. The highest BCUT2D eigenvalue weighted by atomic mass is 32.1. The fraction of sp³-hybridized carbons (Fsp3) is 0.353. The largest absolute Gasteiger partial charge is 0.370 e. The van der Waals surface area contributed by atoms with Gasteiger partial charge in [0.1, 0.15) is 11.5 Å². The van der Waals surface area contributed by atoms with Crippen molar-refractivity contribution in [3.8, 4) is 11.4 Å². The number of ketones is 1. The number of thiazole rings is 1. The van der Waals surface area contributed by atoms with E-state index in [1.54, 1.807) is 0 Å². The molecule has 8 nitrogen and oxygen atoms in total. The van der Waals surface area contributed by atoms with Crippen LogP contribution in [0.15, 0.2) is 28.6 Å². The summed E-state index contributed by atoms with van der Waals surface area (Å²) < 4.78 is 0. The van der Waals surface area contributed by atoms with Gasteiger partial charge in [-0.15, -0.1) is 11.3 Å². The van der Waals surface area contributed by atoms with E-state index < -0.39 is 0 Å². The molecule has 1 fully saturated rings. The zero-order valence-electron chi connectivity index (χ0n) is 14.1. The Labute approximate surface area is 154 Å². The number of Topliss-reactive ketones (excluding diaryl/α,β-unsaturated/α-hetero) is 1. The summed E-state index contributed by atoms with van der Waals surface area (Å²) in [5.41, 5.74) is 12.9. The Morgan fingerprint density at radius 2 is 2.04 bits per heavy atom. The van der Waals surface area contributed by atoms with Gasteiger partial charge < -0.3 is 16.8 Å². The van der Waals surface area contributed by atoms with Crippen molar-refractivity contribution in [3.05, 3.63) is 29.3 Å². The molecule has 0 aliphatic heterocycles. The summed E-state index contributed by atoms with van der Waals surface area (Å²) in [6.07, 6.45) is 3.29. The first-order valence-corrected chi connectivity index (χ1v) is 9.18. The van der Waals surface area contributed by atoms with Crippen molar-refractivity contribution in [1.29, 1.82) is 0 Å². The highest BCUT2D eigenvalue weighted by Crippen LogP contribution is 2.33. The number of nitrogens with one attached hydrogen (secondary N) is 1. The summed E-state index contributed by atoms with van der Waals surface area (Å²) in [7, 11) is 0. The van der Waals surface area contributed by atoms with Gasteiger partial charge in [-0.2, -0.15) is 4.99 Å². The first-order valence-electron chi connectivity index (χ1n) is 8.30. The minimum absolute atomic E-state index is 0.0466. The molecule has 26 heavy (non-hydrogen) atoms. The zero-order valence-corrected chi connectivity index (χ0v) is 14.9. The number of hydrogen-bond donors (Lipinski definition) is 3. The Bertz CT molecular complexity index is 820. The van der Waals surface area contributed by atoms with Crippen LogP contribution in [-0.2, 0) is 9.59 Å². The van der Waals surface area contributed by atoms with Crippen LogP contribution >= 0.6 is 11.3 Å². The lowest BCUT2D eigenvalue weighted by Crippen LogP contribution is -2.31. The van der Waals surface area contributed by atoms with E-state index in [-0.39, 0.29) is 23.7 Å². The molecular formula is C17H20N6O2S. The van der Waals surface area contributed by atoms with Crippen LogP contribution in [-0.4, -0.2) is 28.1 Å². The molecule has 1 unspecified atom stereocenters. The quantitative estimate of drug-likeness (QED) is 0.401. The molecule has 0 spiro atoms. The Balaban J connectivity index is 1.86. The molecule has 3 rings (SSSR count). The highest BCUT2D eigenvalue weighted by Gasteiger charge is 2.28. The molecule has 136 valence electrons. The first-order chi connectivity index (χ1) is 12.6. The molecule has 1 aliphatic rings. The van der Waals surface area contributed by atoms with Gasteiger partial charge in [0.2, 0.25) is 11.5 Å². The molecule has 2 heterocycles. The number of aromatic nitrogens is 2. The molecule has 0 aromatic carbocycles. The molecule has 5 N–H and O–H groups in total.